The van der Waals surface area contributed by atoms with E-state index in [1.807, 2.05) is 38.1 Å². The maximum absolute atomic E-state index is 6.08. The van der Waals surface area contributed by atoms with Crippen LogP contribution in [-0.2, 0) is 13.2 Å². The van der Waals surface area contributed by atoms with Crippen molar-refractivity contribution in [2.45, 2.75) is 27.0 Å². The van der Waals surface area contributed by atoms with Gasteiger partial charge in [0.15, 0.2) is 0 Å². The molecule has 0 unspecified atom stereocenters. The van der Waals surface area contributed by atoms with Gasteiger partial charge in [-0.1, -0.05) is 29.8 Å². The van der Waals surface area contributed by atoms with Crippen LogP contribution in [0.15, 0.2) is 24.3 Å². The largest absolute Gasteiger partial charge is 0.471 e. The van der Waals surface area contributed by atoms with Gasteiger partial charge in [-0.15, -0.1) is 5.10 Å². The summed E-state index contributed by atoms with van der Waals surface area (Å²) in [6.07, 6.45) is 0. The molecule has 0 radical (unpaired) electrons. The van der Waals surface area contributed by atoms with Crippen LogP contribution in [0.25, 0.3) is 0 Å². The van der Waals surface area contributed by atoms with Gasteiger partial charge in [-0.05, 0) is 25.5 Å². The minimum Gasteiger partial charge on any atom is -0.471 e. The van der Waals surface area contributed by atoms with Gasteiger partial charge in [0.25, 0.3) is 0 Å². The van der Waals surface area contributed by atoms with Crippen LogP contribution >= 0.6 is 11.6 Å². The van der Waals surface area contributed by atoms with E-state index in [2.05, 4.69) is 10.2 Å². The zero-order valence-electron chi connectivity index (χ0n) is 11.0. The fourth-order valence-corrected chi connectivity index (χ4v) is 1.94. The quantitative estimate of drug-likeness (QED) is 0.933. The molecule has 19 heavy (non-hydrogen) atoms. The number of aryl methyl sites for hydroxylation is 1. The molecule has 0 amide bonds. The van der Waals surface area contributed by atoms with Crippen molar-refractivity contribution in [2.24, 2.45) is 5.73 Å². The van der Waals surface area contributed by atoms with Crippen LogP contribution in [0.2, 0.25) is 5.02 Å². The van der Waals surface area contributed by atoms with Gasteiger partial charge >= 0.3 is 0 Å². The van der Waals surface area contributed by atoms with Gasteiger partial charge in [0.2, 0.25) is 5.88 Å². The van der Waals surface area contributed by atoms with Crippen LogP contribution < -0.4 is 10.5 Å². The molecule has 4 nitrogen and oxygen atoms in total. The Hall–Kier alpha value is -1.65. The number of nitrogens with zero attached hydrogens (tertiary/aromatic N) is 2. The van der Waals surface area contributed by atoms with Crippen molar-refractivity contribution < 1.29 is 4.74 Å². The lowest BCUT2D eigenvalue weighted by Gasteiger charge is -2.12. The lowest BCUT2D eigenvalue weighted by Crippen LogP contribution is -2.09. The van der Waals surface area contributed by atoms with Gasteiger partial charge in [0.1, 0.15) is 6.61 Å². The van der Waals surface area contributed by atoms with Gasteiger partial charge in [-0.3, -0.25) is 0 Å². The van der Waals surface area contributed by atoms with E-state index in [9.17, 15) is 0 Å². The molecule has 100 valence electrons. The summed E-state index contributed by atoms with van der Waals surface area (Å²) in [6, 6.07) is 7.54. The average Bonchev–Trinajstić information content (AvgIpc) is 2.41. The first-order valence-electron chi connectivity index (χ1n) is 6.02. The van der Waals surface area contributed by atoms with E-state index in [1.54, 1.807) is 0 Å². The van der Waals surface area contributed by atoms with Crippen LogP contribution in [0.5, 0.6) is 5.88 Å². The summed E-state index contributed by atoms with van der Waals surface area (Å²) in [6.45, 7) is 4.60. The van der Waals surface area contributed by atoms with Crippen molar-refractivity contribution in [2.75, 3.05) is 0 Å². The first kappa shape index (κ1) is 13.8. The highest BCUT2D eigenvalue weighted by Gasteiger charge is 2.11. The van der Waals surface area contributed by atoms with E-state index in [0.29, 0.717) is 24.1 Å². The zero-order valence-corrected chi connectivity index (χ0v) is 11.7. The number of benzene rings is 1. The van der Waals surface area contributed by atoms with E-state index in [0.717, 1.165) is 22.4 Å². The smallest absolute Gasteiger partial charge is 0.238 e. The molecule has 0 aliphatic carbocycles. The fourth-order valence-electron chi connectivity index (χ4n) is 1.75. The molecule has 0 aliphatic rings. The van der Waals surface area contributed by atoms with Crippen LogP contribution in [0.4, 0.5) is 0 Å². The summed E-state index contributed by atoms with van der Waals surface area (Å²) in [7, 11) is 0. The Morgan fingerprint density at radius 1 is 1.21 bits per heavy atom. The maximum Gasteiger partial charge on any atom is 0.238 e. The van der Waals surface area contributed by atoms with E-state index < -0.39 is 0 Å². The second kappa shape index (κ2) is 5.99. The van der Waals surface area contributed by atoms with Crippen molar-refractivity contribution >= 4 is 11.6 Å². The fraction of sp³-hybridized carbons (Fsp3) is 0.286. The van der Waals surface area contributed by atoms with Gasteiger partial charge in [-0.2, -0.15) is 5.10 Å². The van der Waals surface area contributed by atoms with Crippen LogP contribution in [-0.4, -0.2) is 10.2 Å². The molecule has 5 heteroatoms. The minimum atomic E-state index is 0.351. The Morgan fingerprint density at radius 2 is 1.95 bits per heavy atom. The van der Waals surface area contributed by atoms with Gasteiger partial charge in [-0.25, -0.2) is 0 Å². The molecule has 0 bridgehead atoms. The second-order valence-corrected chi connectivity index (χ2v) is 4.69. The van der Waals surface area contributed by atoms with E-state index in [4.69, 9.17) is 22.1 Å². The molecule has 1 aromatic heterocycles. The number of ether oxygens (including phenoxy) is 1. The highest BCUT2D eigenvalue weighted by Crippen LogP contribution is 2.22. The van der Waals surface area contributed by atoms with Crippen molar-refractivity contribution in [1.29, 1.82) is 0 Å². The first-order chi connectivity index (χ1) is 9.13. The lowest BCUT2D eigenvalue weighted by molar-refractivity contribution is 0.286. The predicted molar refractivity (Wildman–Crippen MR) is 75.2 cm³/mol. The van der Waals surface area contributed by atoms with Crippen molar-refractivity contribution in [1.82, 2.24) is 10.2 Å². The van der Waals surface area contributed by atoms with Crippen molar-refractivity contribution in [3.63, 3.8) is 0 Å². The third-order valence-electron chi connectivity index (χ3n) is 3.07. The minimum absolute atomic E-state index is 0.351. The maximum atomic E-state index is 6.08. The van der Waals surface area contributed by atoms with Crippen molar-refractivity contribution in [3.8, 4) is 5.88 Å². The summed E-state index contributed by atoms with van der Waals surface area (Å²) in [5.74, 6) is 0.477. The van der Waals surface area contributed by atoms with Crippen LogP contribution in [0.1, 0.15) is 22.4 Å². The third kappa shape index (κ3) is 3.03. The normalized spacial score (nSPS) is 10.5. The average molecular weight is 278 g/mol. The molecule has 0 saturated carbocycles. The molecule has 0 saturated heterocycles. The summed E-state index contributed by atoms with van der Waals surface area (Å²) in [5, 5.41) is 8.79. The molecular formula is C14H16ClN3O. The summed E-state index contributed by atoms with van der Waals surface area (Å²) in [5.41, 5.74) is 9.43. The van der Waals surface area contributed by atoms with E-state index >= 15 is 0 Å². The zero-order chi connectivity index (χ0) is 13.8. The van der Waals surface area contributed by atoms with Crippen LogP contribution in [0, 0.1) is 13.8 Å². The predicted octanol–water partition coefficient (Wildman–Crippen LogP) is 2.78. The Labute approximate surface area is 117 Å². The number of hydrogen-bond acceptors (Lipinski definition) is 4. The number of aromatic nitrogens is 2. The molecule has 1 aromatic carbocycles. The number of nitrogens with two attached hydrogens (primary N) is 1. The first-order valence-corrected chi connectivity index (χ1v) is 6.40. The molecule has 0 spiro atoms. The Morgan fingerprint density at radius 3 is 2.63 bits per heavy atom. The van der Waals surface area contributed by atoms with Gasteiger partial charge in [0, 0.05) is 22.7 Å². The summed E-state index contributed by atoms with van der Waals surface area (Å²) >= 11 is 6.08. The molecule has 0 fully saturated rings. The molecule has 2 rings (SSSR count). The Kier molecular flexibility index (Phi) is 4.35. The number of rotatable bonds is 4. The standard InChI is InChI=1S/C14H16ClN3O/c1-9-10(2)17-18-14(12(9)7-16)19-8-11-5-3-4-6-13(11)15/h3-6H,7-8,16H2,1-2H3. The van der Waals surface area contributed by atoms with Crippen molar-refractivity contribution in [3.05, 3.63) is 51.7 Å². The monoisotopic (exact) mass is 277 g/mol. The number of hydrogen-bond donors (Lipinski definition) is 1. The Balaban J connectivity index is 2.21. The topological polar surface area (TPSA) is 61.0 Å². The molecule has 0 atom stereocenters. The lowest BCUT2D eigenvalue weighted by atomic mass is 10.1. The molecule has 2 N–H and O–H groups in total. The summed E-state index contributed by atoms with van der Waals surface area (Å²) in [4.78, 5) is 0. The summed E-state index contributed by atoms with van der Waals surface area (Å²) < 4.78 is 5.69. The Bertz CT molecular complexity index is 587. The SMILES string of the molecule is Cc1nnc(OCc2ccccc2Cl)c(CN)c1C. The van der Waals surface area contributed by atoms with Gasteiger partial charge in [0.05, 0.1) is 5.69 Å². The van der Waals surface area contributed by atoms with Crippen LogP contribution in [0.3, 0.4) is 0 Å². The third-order valence-corrected chi connectivity index (χ3v) is 3.44. The highest BCUT2D eigenvalue weighted by molar-refractivity contribution is 6.31. The molecule has 0 aliphatic heterocycles. The molecular weight excluding hydrogens is 262 g/mol. The molecule has 1 heterocycles. The molecule has 2 aromatic rings. The highest BCUT2D eigenvalue weighted by atomic mass is 35.5. The second-order valence-electron chi connectivity index (χ2n) is 4.28. The van der Waals surface area contributed by atoms with E-state index in [-0.39, 0.29) is 0 Å². The van der Waals surface area contributed by atoms with E-state index in [1.165, 1.54) is 0 Å². The van der Waals surface area contributed by atoms with Gasteiger partial charge < -0.3 is 10.5 Å². The number of halogens is 1.